The average Bonchev–Trinajstić information content (AvgIpc) is 2.98. The molecule has 4 nitrogen and oxygen atoms in total. The molecular weight excluding hydrogens is 226 g/mol. The van der Waals surface area contributed by atoms with Gasteiger partial charge in [0.25, 0.3) is 0 Å². The Morgan fingerprint density at radius 3 is 2.72 bits per heavy atom. The van der Waals surface area contributed by atoms with Crippen molar-refractivity contribution in [2.45, 2.75) is 19.3 Å². The number of aromatic nitrogens is 2. The number of benzene rings is 1. The van der Waals surface area contributed by atoms with Crippen molar-refractivity contribution < 1.29 is 4.79 Å². The van der Waals surface area contributed by atoms with Crippen molar-refractivity contribution in [1.29, 1.82) is 0 Å². The summed E-state index contributed by atoms with van der Waals surface area (Å²) in [6.45, 7) is 2.75. The maximum absolute atomic E-state index is 11.2. The fraction of sp³-hybridized carbons (Fsp3) is 0.286. The molecule has 3 rings (SSSR count). The molecule has 92 valence electrons. The first kappa shape index (κ1) is 11.0. The summed E-state index contributed by atoms with van der Waals surface area (Å²) in [5.74, 6) is 1.17. The van der Waals surface area contributed by atoms with E-state index in [1.807, 2.05) is 6.20 Å². The highest BCUT2D eigenvalue weighted by Crippen LogP contribution is 2.24. The Morgan fingerprint density at radius 1 is 1.28 bits per heavy atom. The molecule has 1 aromatic heterocycles. The lowest BCUT2D eigenvalue weighted by Gasteiger charge is -2.02. The molecule has 1 saturated heterocycles. The van der Waals surface area contributed by atoms with Crippen molar-refractivity contribution in [2.24, 2.45) is 0 Å². The van der Waals surface area contributed by atoms with E-state index in [-0.39, 0.29) is 11.8 Å². The lowest BCUT2D eigenvalue weighted by molar-refractivity contribution is -0.119. The van der Waals surface area contributed by atoms with Crippen molar-refractivity contribution in [1.82, 2.24) is 15.3 Å². The highest BCUT2D eigenvalue weighted by molar-refractivity contribution is 5.79. The Labute approximate surface area is 105 Å². The minimum Gasteiger partial charge on any atom is -0.355 e. The molecule has 4 heteroatoms. The number of hydrogen-bond donors (Lipinski definition) is 2. The molecule has 0 radical (unpaired) electrons. The first-order chi connectivity index (χ1) is 8.72. The molecule has 1 atom stereocenters. The SMILES string of the molecule is Cc1ccc(-c2cnc(C3CNC(=O)C3)[nH]2)cc1. The summed E-state index contributed by atoms with van der Waals surface area (Å²) in [4.78, 5) is 18.9. The van der Waals surface area contributed by atoms with Crippen LogP contribution < -0.4 is 5.32 Å². The van der Waals surface area contributed by atoms with E-state index in [0.717, 1.165) is 17.1 Å². The monoisotopic (exact) mass is 241 g/mol. The largest absolute Gasteiger partial charge is 0.355 e. The molecule has 0 spiro atoms. The van der Waals surface area contributed by atoms with Gasteiger partial charge in [0.1, 0.15) is 5.82 Å². The van der Waals surface area contributed by atoms with Gasteiger partial charge in [0.2, 0.25) is 5.91 Å². The van der Waals surface area contributed by atoms with Crippen molar-refractivity contribution in [3.05, 3.63) is 41.9 Å². The van der Waals surface area contributed by atoms with Crippen molar-refractivity contribution in [2.75, 3.05) is 6.54 Å². The smallest absolute Gasteiger partial charge is 0.220 e. The van der Waals surface area contributed by atoms with Crippen LogP contribution in [0.4, 0.5) is 0 Å². The summed E-state index contributed by atoms with van der Waals surface area (Å²) in [6, 6.07) is 8.31. The number of amides is 1. The third-order valence-electron chi connectivity index (χ3n) is 3.32. The molecule has 1 aliphatic heterocycles. The van der Waals surface area contributed by atoms with Crippen LogP contribution in [-0.2, 0) is 4.79 Å². The lowest BCUT2D eigenvalue weighted by Crippen LogP contribution is -2.13. The quantitative estimate of drug-likeness (QED) is 0.844. The van der Waals surface area contributed by atoms with Crippen molar-refractivity contribution in [3.8, 4) is 11.3 Å². The van der Waals surface area contributed by atoms with Crippen LogP contribution in [-0.4, -0.2) is 22.4 Å². The van der Waals surface area contributed by atoms with Crippen LogP contribution in [0, 0.1) is 6.92 Å². The van der Waals surface area contributed by atoms with Gasteiger partial charge in [0.05, 0.1) is 11.9 Å². The summed E-state index contributed by atoms with van der Waals surface area (Å²) < 4.78 is 0. The summed E-state index contributed by atoms with van der Waals surface area (Å²) >= 11 is 0. The molecule has 2 heterocycles. The van der Waals surface area contributed by atoms with E-state index in [1.165, 1.54) is 5.56 Å². The minimum absolute atomic E-state index is 0.105. The number of carbonyl (C=O) groups excluding carboxylic acids is 1. The molecule has 18 heavy (non-hydrogen) atoms. The van der Waals surface area contributed by atoms with E-state index in [1.54, 1.807) is 0 Å². The number of hydrogen-bond acceptors (Lipinski definition) is 2. The molecule has 0 saturated carbocycles. The number of aromatic amines is 1. The molecular formula is C14H15N3O. The molecule has 2 N–H and O–H groups in total. The van der Waals surface area contributed by atoms with Crippen LogP contribution in [0.15, 0.2) is 30.5 Å². The van der Waals surface area contributed by atoms with E-state index in [2.05, 4.69) is 46.5 Å². The van der Waals surface area contributed by atoms with Gasteiger partial charge in [-0.05, 0) is 12.5 Å². The first-order valence-corrected chi connectivity index (χ1v) is 6.11. The molecule has 1 aliphatic rings. The van der Waals surface area contributed by atoms with Crippen LogP contribution in [0.3, 0.4) is 0 Å². The normalized spacial score (nSPS) is 18.9. The first-order valence-electron chi connectivity index (χ1n) is 6.11. The molecule has 1 aromatic carbocycles. The molecule has 1 fully saturated rings. The van der Waals surface area contributed by atoms with Gasteiger partial charge in [0.15, 0.2) is 0 Å². The molecule has 2 aromatic rings. The van der Waals surface area contributed by atoms with E-state index in [9.17, 15) is 4.79 Å². The highest BCUT2D eigenvalue weighted by atomic mass is 16.1. The van der Waals surface area contributed by atoms with Crippen molar-refractivity contribution >= 4 is 5.91 Å². The summed E-state index contributed by atoms with van der Waals surface area (Å²) in [7, 11) is 0. The Balaban J connectivity index is 1.85. The molecule has 0 aliphatic carbocycles. The summed E-state index contributed by atoms with van der Waals surface area (Å²) in [6.07, 6.45) is 2.36. The third kappa shape index (κ3) is 2.01. The van der Waals surface area contributed by atoms with Gasteiger partial charge in [-0.15, -0.1) is 0 Å². The standard InChI is InChI=1S/C14H15N3O/c1-9-2-4-10(5-3-9)12-8-16-14(17-12)11-6-13(18)15-7-11/h2-5,8,11H,6-7H2,1H3,(H,15,18)(H,16,17). The molecule has 1 unspecified atom stereocenters. The van der Waals surface area contributed by atoms with Crippen LogP contribution in [0.2, 0.25) is 0 Å². The van der Waals surface area contributed by atoms with Crippen LogP contribution in [0.1, 0.15) is 23.7 Å². The lowest BCUT2D eigenvalue weighted by atomic mass is 10.1. The predicted molar refractivity (Wildman–Crippen MR) is 69.1 cm³/mol. The van der Waals surface area contributed by atoms with Gasteiger partial charge < -0.3 is 10.3 Å². The fourth-order valence-electron chi connectivity index (χ4n) is 2.22. The van der Waals surface area contributed by atoms with E-state index in [4.69, 9.17) is 0 Å². The zero-order chi connectivity index (χ0) is 12.5. The van der Waals surface area contributed by atoms with Crippen molar-refractivity contribution in [3.63, 3.8) is 0 Å². The molecule has 0 bridgehead atoms. The van der Waals surface area contributed by atoms with Gasteiger partial charge >= 0.3 is 0 Å². The zero-order valence-corrected chi connectivity index (χ0v) is 10.2. The van der Waals surface area contributed by atoms with E-state index >= 15 is 0 Å². The fourth-order valence-corrected chi connectivity index (χ4v) is 2.22. The van der Waals surface area contributed by atoms with Gasteiger partial charge in [-0.25, -0.2) is 4.98 Å². The Bertz CT molecular complexity index is 571. The third-order valence-corrected chi connectivity index (χ3v) is 3.32. The Hall–Kier alpha value is -2.10. The topological polar surface area (TPSA) is 57.8 Å². The number of nitrogens with zero attached hydrogens (tertiary/aromatic N) is 1. The van der Waals surface area contributed by atoms with Crippen LogP contribution in [0.25, 0.3) is 11.3 Å². The summed E-state index contributed by atoms with van der Waals surface area (Å²) in [5, 5.41) is 2.83. The van der Waals surface area contributed by atoms with Gasteiger partial charge in [-0.2, -0.15) is 0 Å². The number of nitrogens with one attached hydrogen (secondary N) is 2. The Kier molecular flexibility index (Phi) is 2.63. The van der Waals surface area contributed by atoms with E-state index in [0.29, 0.717) is 13.0 Å². The highest BCUT2D eigenvalue weighted by Gasteiger charge is 2.25. The minimum atomic E-state index is 0.105. The number of aryl methyl sites for hydroxylation is 1. The number of H-pyrrole nitrogens is 1. The number of rotatable bonds is 2. The van der Waals surface area contributed by atoms with Gasteiger partial charge in [-0.3, -0.25) is 4.79 Å². The second-order valence-corrected chi connectivity index (χ2v) is 4.75. The maximum Gasteiger partial charge on any atom is 0.220 e. The van der Waals surface area contributed by atoms with Crippen LogP contribution >= 0.6 is 0 Å². The van der Waals surface area contributed by atoms with Gasteiger partial charge in [0, 0.05) is 18.9 Å². The number of carbonyl (C=O) groups is 1. The van der Waals surface area contributed by atoms with Gasteiger partial charge in [-0.1, -0.05) is 29.8 Å². The zero-order valence-electron chi connectivity index (χ0n) is 10.2. The second-order valence-electron chi connectivity index (χ2n) is 4.75. The van der Waals surface area contributed by atoms with E-state index < -0.39 is 0 Å². The summed E-state index contributed by atoms with van der Waals surface area (Å²) in [5.41, 5.74) is 3.37. The Morgan fingerprint density at radius 2 is 2.06 bits per heavy atom. The maximum atomic E-state index is 11.2. The van der Waals surface area contributed by atoms with Crippen LogP contribution in [0.5, 0.6) is 0 Å². The molecule has 1 amide bonds. The number of imidazole rings is 1. The average molecular weight is 241 g/mol. The predicted octanol–water partition coefficient (Wildman–Crippen LogP) is 1.99. The second kappa shape index (κ2) is 4.29.